The third-order valence-corrected chi connectivity index (χ3v) is 2.57. The molecule has 0 aliphatic heterocycles. The average Bonchev–Trinajstić information content (AvgIpc) is 2.41. The number of ketones is 2. The molecular weight excluding hydrogens is 256 g/mol. The average molecular weight is 288 g/mol. The van der Waals surface area contributed by atoms with Crippen LogP contribution in [0.25, 0.3) is 0 Å². The molecule has 0 radical (unpaired) electrons. The number of carbonyl (C=O) groups is 2. The summed E-state index contributed by atoms with van der Waals surface area (Å²) < 4.78 is 0. The van der Waals surface area contributed by atoms with Crippen molar-refractivity contribution in [3.05, 3.63) is 0 Å². The number of unbranched alkanes of at least 4 members (excludes halogenated alkanes) is 1. The van der Waals surface area contributed by atoms with Crippen molar-refractivity contribution in [1.82, 2.24) is 10.6 Å². The highest BCUT2D eigenvalue weighted by Gasteiger charge is 1.94. The fourth-order valence-electron chi connectivity index (χ4n) is 1.20. The van der Waals surface area contributed by atoms with Crippen LogP contribution in [0.1, 0.15) is 39.5 Å². The Morgan fingerprint density at radius 3 is 1.25 bits per heavy atom. The van der Waals surface area contributed by atoms with Crippen molar-refractivity contribution in [3.8, 4) is 0 Å². The van der Waals surface area contributed by atoms with Gasteiger partial charge in [0.2, 0.25) is 0 Å². The lowest BCUT2D eigenvalue weighted by Crippen LogP contribution is -2.22. The molecule has 0 atom stereocenters. The van der Waals surface area contributed by atoms with Gasteiger partial charge in [-0.1, -0.05) is 0 Å². The fourth-order valence-corrected chi connectivity index (χ4v) is 1.20. The summed E-state index contributed by atoms with van der Waals surface area (Å²) in [6, 6.07) is 0. The Hall–Kier alpha value is -0.820. The van der Waals surface area contributed by atoms with E-state index < -0.39 is 0 Å². The van der Waals surface area contributed by atoms with Crippen LogP contribution in [0, 0.1) is 0 Å². The van der Waals surface area contributed by atoms with Crippen molar-refractivity contribution in [2.24, 2.45) is 11.5 Å². The van der Waals surface area contributed by atoms with E-state index in [9.17, 15) is 9.59 Å². The van der Waals surface area contributed by atoms with Crippen LogP contribution in [-0.4, -0.2) is 50.8 Å². The van der Waals surface area contributed by atoms with Gasteiger partial charge in [-0.15, -0.1) is 0 Å². The van der Waals surface area contributed by atoms with Crippen LogP contribution in [0.4, 0.5) is 0 Å². The summed E-state index contributed by atoms with van der Waals surface area (Å²) in [6.45, 7) is 8.40. The number of rotatable bonds is 12. The summed E-state index contributed by atoms with van der Waals surface area (Å²) in [5.41, 5.74) is 10.8. The number of carbonyl (C=O) groups excluding carboxylic acids is 2. The highest BCUT2D eigenvalue weighted by atomic mass is 16.2. The van der Waals surface area contributed by atoms with Crippen LogP contribution in [0.3, 0.4) is 0 Å². The van der Waals surface area contributed by atoms with E-state index in [1.54, 1.807) is 0 Å². The monoisotopic (exact) mass is 288 g/mol. The second kappa shape index (κ2) is 18.2. The third-order valence-electron chi connectivity index (χ3n) is 2.57. The number of nitrogens with one attached hydrogen (secondary N) is 2. The molecule has 0 spiro atoms. The third kappa shape index (κ3) is 22.4. The molecule has 0 aliphatic carbocycles. The molecule has 0 saturated heterocycles. The highest BCUT2D eigenvalue weighted by molar-refractivity contribution is 6.35. The normalized spacial score (nSPS) is 9.80. The van der Waals surface area contributed by atoms with E-state index in [0.29, 0.717) is 0 Å². The molecule has 0 aliphatic rings. The molecule has 0 bridgehead atoms. The van der Waals surface area contributed by atoms with Gasteiger partial charge in [0, 0.05) is 13.8 Å². The van der Waals surface area contributed by atoms with Crippen molar-refractivity contribution in [3.63, 3.8) is 0 Å². The van der Waals surface area contributed by atoms with Gasteiger partial charge in [-0.05, 0) is 65.0 Å². The Labute approximate surface area is 123 Å². The lowest BCUT2D eigenvalue weighted by molar-refractivity contribution is -0.134. The zero-order valence-electron chi connectivity index (χ0n) is 13.0. The predicted octanol–water partition coefficient (Wildman–Crippen LogP) is -0.192. The predicted molar refractivity (Wildman–Crippen MR) is 83.7 cm³/mol. The molecule has 0 rings (SSSR count). The Bertz CT molecular complexity index is 211. The van der Waals surface area contributed by atoms with Gasteiger partial charge in [-0.25, -0.2) is 0 Å². The van der Waals surface area contributed by atoms with Crippen molar-refractivity contribution in [2.45, 2.75) is 39.5 Å². The molecule has 0 unspecified atom stereocenters. The Morgan fingerprint density at radius 1 is 0.700 bits per heavy atom. The standard InChI is InChI=1S/C10H26N4.C4H6O2/c11-5-3-9-13-7-1-2-8-14-10-4-6-12;1-3(5)4(2)6/h13-14H,1-12H2;1-2H3. The molecule has 0 amide bonds. The Kier molecular flexibility index (Phi) is 19.5. The first kappa shape index (κ1) is 21.5. The zero-order chi connectivity index (χ0) is 15.6. The van der Waals surface area contributed by atoms with Gasteiger partial charge in [0.15, 0.2) is 11.6 Å². The van der Waals surface area contributed by atoms with E-state index in [1.165, 1.54) is 26.7 Å². The molecule has 6 N–H and O–H groups in total. The molecule has 6 nitrogen and oxygen atoms in total. The number of Topliss-reactive ketones (excluding diaryl/α,β-unsaturated/α-hetero) is 2. The second-order valence-corrected chi connectivity index (χ2v) is 4.60. The molecule has 0 aromatic carbocycles. The van der Waals surface area contributed by atoms with Crippen molar-refractivity contribution in [2.75, 3.05) is 39.3 Å². The number of hydrogen-bond donors (Lipinski definition) is 4. The maximum atomic E-state index is 9.79. The van der Waals surface area contributed by atoms with Crippen LogP contribution >= 0.6 is 0 Å². The van der Waals surface area contributed by atoms with Crippen molar-refractivity contribution in [1.29, 1.82) is 0 Å². The van der Waals surface area contributed by atoms with Gasteiger partial charge in [0.25, 0.3) is 0 Å². The van der Waals surface area contributed by atoms with Crippen LogP contribution < -0.4 is 22.1 Å². The van der Waals surface area contributed by atoms with E-state index in [-0.39, 0.29) is 11.6 Å². The maximum absolute atomic E-state index is 9.79. The molecule has 0 saturated carbocycles. The molecule has 20 heavy (non-hydrogen) atoms. The summed E-state index contributed by atoms with van der Waals surface area (Å²) in [4.78, 5) is 19.6. The quantitative estimate of drug-likeness (QED) is 0.293. The Balaban J connectivity index is 0. The topological polar surface area (TPSA) is 110 Å². The van der Waals surface area contributed by atoms with E-state index >= 15 is 0 Å². The van der Waals surface area contributed by atoms with Gasteiger partial charge in [-0.2, -0.15) is 0 Å². The van der Waals surface area contributed by atoms with Crippen molar-refractivity contribution >= 4 is 11.6 Å². The first-order chi connectivity index (χ1) is 9.56. The smallest absolute Gasteiger partial charge is 0.195 e. The lowest BCUT2D eigenvalue weighted by Gasteiger charge is -2.04. The summed E-state index contributed by atoms with van der Waals surface area (Å²) in [7, 11) is 0. The summed E-state index contributed by atoms with van der Waals surface area (Å²) >= 11 is 0. The number of hydrogen-bond acceptors (Lipinski definition) is 6. The van der Waals surface area contributed by atoms with Gasteiger partial charge in [0.1, 0.15) is 0 Å². The maximum Gasteiger partial charge on any atom is 0.195 e. The SMILES string of the molecule is CC(=O)C(C)=O.NCCCNCCCCNCCCN. The first-order valence-electron chi connectivity index (χ1n) is 7.39. The minimum atomic E-state index is -0.380. The molecule has 0 fully saturated rings. The summed E-state index contributed by atoms with van der Waals surface area (Å²) in [5.74, 6) is -0.759. The number of nitrogens with two attached hydrogens (primary N) is 2. The molecular formula is C14H32N4O2. The van der Waals surface area contributed by atoms with Gasteiger partial charge in [0.05, 0.1) is 0 Å². The summed E-state index contributed by atoms with van der Waals surface area (Å²) in [5, 5.41) is 6.72. The minimum Gasteiger partial charge on any atom is -0.330 e. The van der Waals surface area contributed by atoms with Crippen LogP contribution in [0.2, 0.25) is 0 Å². The van der Waals surface area contributed by atoms with Crippen LogP contribution in [0.5, 0.6) is 0 Å². The van der Waals surface area contributed by atoms with E-state index in [1.807, 2.05) is 0 Å². The van der Waals surface area contributed by atoms with E-state index in [0.717, 1.165) is 52.1 Å². The molecule has 120 valence electrons. The molecule has 0 aromatic heterocycles. The zero-order valence-corrected chi connectivity index (χ0v) is 13.0. The molecule has 0 aromatic rings. The molecule has 0 heterocycles. The first-order valence-corrected chi connectivity index (χ1v) is 7.39. The fraction of sp³-hybridized carbons (Fsp3) is 0.857. The Morgan fingerprint density at radius 2 is 1.00 bits per heavy atom. The molecule has 6 heteroatoms. The van der Waals surface area contributed by atoms with Gasteiger partial charge >= 0.3 is 0 Å². The van der Waals surface area contributed by atoms with Gasteiger partial charge < -0.3 is 22.1 Å². The van der Waals surface area contributed by atoms with Crippen LogP contribution in [0.15, 0.2) is 0 Å². The lowest BCUT2D eigenvalue weighted by atomic mass is 10.3. The second-order valence-electron chi connectivity index (χ2n) is 4.60. The van der Waals surface area contributed by atoms with Gasteiger partial charge in [-0.3, -0.25) is 9.59 Å². The van der Waals surface area contributed by atoms with E-state index in [2.05, 4.69) is 10.6 Å². The highest BCUT2D eigenvalue weighted by Crippen LogP contribution is 1.85. The van der Waals surface area contributed by atoms with Crippen molar-refractivity contribution < 1.29 is 9.59 Å². The largest absolute Gasteiger partial charge is 0.330 e. The minimum absolute atomic E-state index is 0.380. The van der Waals surface area contributed by atoms with E-state index in [4.69, 9.17) is 11.5 Å². The summed E-state index contributed by atoms with van der Waals surface area (Å²) in [6.07, 6.45) is 4.63. The van der Waals surface area contributed by atoms with Crippen LogP contribution in [-0.2, 0) is 9.59 Å².